The molecule has 114 valence electrons. The van der Waals surface area contributed by atoms with E-state index in [0.29, 0.717) is 6.54 Å². The number of hydrogen-bond acceptors (Lipinski definition) is 3. The van der Waals surface area contributed by atoms with Gasteiger partial charge < -0.3 is 15.4 Å². The molecule has 0 spiro atoms. The van der Waals surface area contributed by atoms with Crippen LogP contribution in [0.4, 0.5) is 4.39 Å². The van der Waals surface area contributed by atoms with E-state index < -0.39 is 6.04 Å². The number of methoxy groups -OCH3 is 1. The van der Waals surface area contributed by atoms with Gasteiger partial charge in [-0.05, 0) is 35.4 Å². The lowest BCUT2D eigenvalue weighted by atomic mass is 9.88. The third-order valence-corrected chi connectivity index (χ3v) is 3.97. The molecule has 3 rings (SSSR count). The van der Waals surface area contributed by atoms with Gasteiger partial charge in [0.15, 0.2) is 0 Å². The summed E-state index contributed by atoms with van der Waals surface area (Å²) < 4.78 is 18.1. The molecule has 0 bridgehead atoms. The van der Waals surface area contributed by atoms with E-state index in [1.165, 1.54) is 12.1 Å². The zero-order chi connectivity index (χ0) is 15.7. The minimum Gasteiger partial charge on any atom is -0.497 e. The molecule has 1 aliphatic rings. The molecule has 1 saturated heterocycles. The number of likely N-dealkylation sites (tertiary alicyclic amines) is 1. The number of nitrogens with zero attached hydrogens (tertiary/aromatic N) is 1. The van der Waals surface area contributed by atoms with Gasteiger partial charge in [0.05, 0.1) is 13.2 Å². The summed E-state index contributed by atoms with van der Waals surface area (Å²) in [5, 5.41) is 0. The van der Waals surface area contributed by atoms with Crippen molar-refractivity contribution in [1.29, 1.82) is 0 Å². The van der Waals surface area contributed by atoms with Crippen molar-refractivity contribution < 1.29 is 13.9 Å². The highest BCUT2D eigenvalue weighted by Crippen LogP contribution is 2.35. The highest BCUT2D eigenvalue weighted by molar-refractivity contribution is 5.89. The van der Waals surface area contributed by atoms with E-state index in [4.69, 9.17) is 10.5 Å². The summed E-state index contributed by atoms with van der Waals surface area (Å²) in [6.45, 7) is 0.420. The minimum atomic E-state index is -0.533. The molecule has 0 radical (unpaired) electrons. The Bertz CT molecular complexity index is 670. The maximum absolute atomic E-state index is 13.0. The van der Waals surface area contributed by atoms with Crippen molar-refractivity contribution in [3.05, 3.63) is 65.5 Å². The predicted molar refractivity (Wildman–Crippen MR) is 80.7 cm³/mol. The van der Waals surface area contributed by atoms with Crippen LogP contribution in [0.5, 0.6) is 5.75 Å². The number of hydrogen-bond donors (Lipinski definition) is 1. The van der Waals surface area contributed by atoms with Gasteiger partial charge in [0, 0.05) is 6.54 Å². The molecule has 2 aromatic carbocycles. The molecule has 1 heterocycles. The molecular formula is C17H17FN2O2. The van der Waals surface area contributed by atoms with Crippen LogP contribution in [0.3, 0.4) is 0 Å². The van der Waals surface area contributed by atoms with E-state index >= 15 is 0 Å². The molecule has 1 amide bonds. The fourth-order valence-corrected chi connectivity index (χ4v) is 2.73. The van der Waals surface area contributed by atoms with Crippen LogP contribution in [0.25, 0.3) is 0 Å². The van der Waals surface area contributed by atoms with Gasteiger partial charge in [-0.2, -0.15) is 0 Å². The van der Waals surface area contributed by atoms with Gasteiger partial charge in [0.1, 0.15) is 17.6 Å². The van der Waals surface area contributed by atoms with Crippen molar-refractivity contribution in [3.8, 4) is 5.75 Å². The number of halogens is 1. The molecule has 1 fully saturated rings. The predicted octanol–water partition coefficient (Wildman–Crippen LogP) is 2.25. The normalized spacial score (nSPS) is 20.7. The Balaban J connectivity index is 1.79. The second kappa shape index (κ2) is 5.77. The Labute approximate surface area is 128 Å². The van der Waals surface area contributed by atoms with E-state index in [2.05, 4.69) is 0 Å². The molecule has 0 saturated carbocycles. The summed E-state index contributed by atoms with van der Waals surface area (Å²) in [4.78, 5) is 13.7. The van der Waals surface area contributed by atoms with E-state index in [1.807, 2.05) is 24.3 Å². The SMILES string of the molecule is COc1ccc([C@H]2[C@H](N)C(=O)N2Cc2ccc(F)cc2)cc1. The van der Waals surface area contributed by atoms with Gasteiger partial charge >= 0.3 is 0 Å². The monoisotopic (exact) mass is 300 g/mol. The third kappa shape index (κ3) is 2.55. The molecule has 5 heteroatoms. The number of nitrogens with two attached hydrogens (primary N) is 1. The Kier molecular flexibility index (Phi) is 3.81. The molecule has 0 aliphatic carbocycles. The number of carbonyl (C=O) groups is 1. The van der Waals surface area contributed by atoms with Gasteiger partial charge in [0.25, 0.3) is 0 Å². The standard InChI is InChI=1S/C17H17FN2O2/c1-22-14-8-4-12(5-9-14)16-15(19)17(21)20(16)10-11-2-6-13(18)7-3-11/h2-9,15-16H,10,19H2,1H3/t15-,16-/m0/s1. The summed E-state index contributed by atoms with van der Waals surface area (Å²) in [6.07, 6.45) is 0. The van der Waals surface area contributed by atoms with Crippen LogP contribution < -0.4 is 10.5 Å². The highest BCUT2D eigenvalue weighted by atomic mass is 19.1. The molecule has 22 heavy (non-hydrogen) atoms. The molecule has 0 aromatic heterocycles. The second-order valence-electron chi connectivity index (χ2n) is 5.34. The van der Waals surface area contributed by atoms with Crippen LogP contribution in [0.15, 0.2) is 48.5 Å². The fourth-order valence-electron chi connectivity index (χ4n) is 2.73. The average Bonchev–Trinajstić information content (AvgIpc) is 2.56. The molecule has 2 N–H and O–H groups in total. The van der Waals surface area contributed by atoms with Crippen molar-refractivity contribution in [3.63, 3.8) is 0 Å². The Morgan fingerprint density at radius 2 is 1.77 bits per heavy atom. The van der Waals surface area contributed by atoms with Crippen LogP contribution >= 0.6 is 0 Å². The van der Waals surface area contributed by atoms with E-state index in [0.717, 1.165) is 16.9 Å². The van der Waals surface area contributed by atoms with Crippen LogP contribution in [-0.4, -0.2) is 24.0 Å². The zero-order valence-electron chi connectivity index (χ0n) is 12.2. The third-order valence-electron chi connectivity index (χ3n) is 3.97. The van der Waals surface area contributed by atoms with Crippen molar-refractivity contribution in [1.82, 2.24) is 4.90 Å². The molecule has 1 aliphatic heterocycles. The van der Waals surface area contributed by atoms with Crippen molar-refractivity contribution in [2.75, 3.05) is 7.11 Å². The first-order chi connectivity index (χ1) is 10.6. The zero-order valence-corrected chi connectivity index (χ0v) is 12.2. The molecule has 2 atom stereocenters. The van der Waals surface area contributed by atoms with Crippen molar-refractivity contribution in [2.24, 2.45) is 5.73 Å². The first-order valence-electron chi connectivity index (χ1n) is 7.04. The largest absolute Gasteiger partial charge is 0.497 e. The quantitative estimate of drug-likeness (QED) is 0.881. The van der Waals surface area contributed by atoms with Gasteiger partial charge in [0.2, 0.25) is 5.91 Å². The van der Waals surface area contributed by atoms with Gasteiger partial charge in [-0.25, -0.2) is 4.39 Å². The fraction of sp³-hybridized carbons (Fsp3) is 0.235. The average molecular weight is 300 g/mol. The van der Waals surface area contributed by atoms with Crippen molar-refractivity contribution in [2.45, 2.75) is 18.6 Å². The topological polar surface area (TPSA) is 55.6 Å². The molecular weight excluding hydrogens is 283 g/mol. The number of rotatable bonds is 4. The number of amides is 1. The first kappa shape index (κ1) is 14.5. The maximum Gasteiger partial charge on any atom is 0.242 e. The van der Waals surface area contributed by atoms with E-state index in [-0.39, 0.29) is 17.8 Å². The molecule has 2 aromatic rings. The Morgan fingerprint density at radius 3 is 2.36 bits per heavy atom. The lowest BCUT2D eigenvalue weighted by molar-refractivity contribution is -0.150. The van der Waals surface area contributed by atoms with Crippen molar-refractivity contribution >= 4 is 5.91 Å². The number of β-lactam (4-membered cyclic amide) rings is 1. The number of carbonyl (C=O) groups excluding carboxylic acids is 1. The van der Waals surface area contributed by atoms with Crippen LogP contribution in [-0.2, 0) is 11.3 Å². The molecule has 0 unspecified atom stereocenters. The summed E-state index contributed by atoms with van der Waals surface area (Å²) >= 11 is 0. The van der Waals surface area contributed by atoms with E-state index in [9.17, 15) is 9.18 Å². The Morgan fingerprint density at radius 1 is 1.14 bits per heavy atom. The Hall–Kier alpha value is -2.40. The lowest BCUT2D eigenvalue weighted by Gasteiger charge is -2.45. The minimum absolute atomic E-state index is 0.0925. The number of ether oxygens (including phenoxy) is 1. The van der Waals surface area contributed by atoms with Gasteiger partial charge in [-0.15, -0.1) is 0 Å². The summed E-state index contributed by atoms with van der Waals surface area (Å²) in [5.74, 6) is 0.375. The van der Waals surface area contributed by atoms with E-state index in [1.54, 1.807) is 24.1 Å². The lowest BCUT2D eigenvalue weighted by Crippen LogP contribution is -2.62. The number of benzene rings is 2. The maximum atomic E-state index is 13.0. The second-order valence-corrected chi connectivity index (χ2v) is 5.34. The summed E-state index contributed by atoms with van der Waals surface area (Å²) in [5.41, 5.74) is 7.80. The van der Waals surface area contributed by atoms with Crippen LogP contribution in [0.2, 0.25) is 0 Å². The van der Waals surface area contributed by atoms with Gasteiger partial charge in [-0.3, -0.25) is 4.79 Å². The smallest absolute Gasteiger partial charge is 0.242 e. The summed E-state index contributed by atoms with van der Waals surface area (Å²) in [7, 11) is 1.61. The first-order valence-corrected chi connectivity index (χ1v) is 7.04. The highest BCUT2D eigenvalue weighted by Gasteiger charge is 2.45. The summed E-state index contributed by atoms with van der Waals surface area (Å²) in [6, 6.07) is 13.0. The van der Waals surface area contributed by atoms with Gasteiger partial charge in [-0.1, -0.05) is 24.3 Å². The van der Waals surface area contributed by atoms with Crippen LogP contribution in [0.1, 0.15) is 17.2 Å². The van der Waals surface area contributed by atoms with Crippen LogP contribution in [0, 0.1) is 5.82 Å². The molecule has 4 nitrogen and oxygen atoms in total.